The molecule has 1 fully saturated rings. The molecule has 1 aliphatic rings. The third-order valence-corrected chi connectivity index (χ3v) is 20.1. The van der Waals surface area contributed by atoms with Gasteiger partial charge >= 0.3 is 12.3 Å². The Labute approximate surface area is 467 Å². The van der Waals surface area contributed by atoms with Gasteiger partial charge in [0.25, 0.3) is 0 Å². The first-order chi connectivity index (χ1) is 36.1. The smallest absolute Gasteiger partial charge is 0.433 e. The molecule has 2 aromatic rings. The van der Waals surface area contributed by atoms with Crippen molar-refractivity contribution in [3.63, 3.8) is 0 Å². The van der Waals surface area contributed by atoms with Gasteiger partial charge in [0.2, 0.25) is 5.91 Å². The zero-order valence-electron chi connectivity index (χ0n) is 44.2. The van der Waals surface area contributed by atoms with Gasteiger partial charge in [0.05, 0.1) is 25.3 Å². The number of likely N-dealkylation sites (N-methyl/N-ethyl adjacent to an activating group) is 2. The van der Waals surface area contributed by atoms with Crippen LogP contribution in [0, 0.1) is 11.8 Å². The monoisotopic (exact) mass is 1160 g/mol. The molecule has 16 nitrogen and oxygen atoms in total. The molecule has 3 N–H and O–H groups in total. The van der Waals surface area contributed by atoms with Gasteiger partial charge in [-0.25, -0.2) is 9.59 Å². The minimum atomic E-state index is -0.800. The maximum absolute atomic E-state index is 13.6. The van der Waals surface area contributed by atoms with Crippen molar-refractivity contribution in [3.8, 4) is 11.5 Å². The van der Waals surface area contributed by atoms with E-state index in [1.54, 1.807) is 102 Å². The third kappa shape index (κ3) is 28.8. The number of ketones is 5. The average molecular weight is 1160 g/mol. The van der Waals surface area contributed by atoms with Crippen molar-refractivity contribution < 1.29 is 62.0 Å². The molecule has 0 aromatic heterocycles. The van der Waals surface area contributed by atoms with E-state index in [0.717, 1.165) is 30.4 Å². The molecule has 1 aliphatic carbocycles. The van der Waals surface area contributed by atoms with Gasteiger partial charge < -0.3 is 39.6 Å². The maximum Gasteiger partial charge on any atom is 0.513 e. The molecule has 0 heterocycles. The van der Waals surface area contributed by atoms with Crippen LogP contribution < -0.4 is 25.4 Å². The molecule has 1 amide bonds. The largest absolute Gasteiger partial charge is 0.513 e. The normalized spacial score (nSPS) is 15.6. The number of benzene rings is 2. The van der Waals surface area contributed by atoms with Crippen molar-refractivity contribution in [3.05, 3.63) is 59.7 Å². The van der Waals surface area contributed by atoms with Gasteiger partial charge in [-0.3, -0.25) is 28.8 Å². The molecular weight excluding hydrogens is 1080 g/mol. The van der Waals surface area contributed by atoms with Gasteiger partial charge in [-0.1, -0.05) is 74.4 Å². The number of hydrogen-bond donors (Lipinski definition) is 3. The summed E-state index contributed by atoms with van der Waals surface area (Å²) in [6, 6.07) is 13.3. The van der Waals surface area contributed by atoms with Crippen LogP contribution in [0.1, 0.15) is 90.2 Å². The SMILES string of the molecule is CCC(CSC1CCC1SCC(CC(=O)CCOCCC(C)=O)C(=O)CCCSSCCOC(=O)Oc1ccc(CC(NC)C(C)=O)cc1)C(=O)NCCSSCCOC(=O)Oc1ccc(CC(NC)C(C)=O)cc1. The van der Waals surface area contributed by atoms with E-state index >= 15 is 0 Å². The average Bonchev–Trinajstić information content (AvgIpc) is 3.37. The molecule has 22 heteroatoms. The number of rotatable bonds is 42. The van der Waals surface area contributed by atoms with Crippen LogP contribution in [0.4, 0.5) is 9.59 Å². The van der Waals surface area contributed by atoms with Gasteiger partial charge in [-0.15, -0.1) is 0 Å². The van der Waals surface area contributed by atoms with Crippen LogP contribution in [0.3, 0.4) is 0 Å². The second-order valence-electron chi connectivity index (χ2n) is 17.8. The first kappa shape index (κ1) is 66.1. The molecule has 6 unspecified atom stereocenters. The quantitative estimate of drug-likeness (QED) is 0.0244. The summed E-state index contributed by atoms with van der Waals surface area (Å²) in [6.45, 7) is 7.94. The lowest BCUT2D eigenvalue weighted by molar-refractivity contribution is -0.128. The van der Waals surface area contributed by atoms with E-state index < -0.39 is 18.2 Å². The summed E-state index contributed by atoms with van der Waals surface area (Å²) in [4.78, 5) is 98.8. The highest BCUT2D eigenvalue weighted by molar-refractivity contribution is 8.77. The van der Waals surface area contributed by atoms with Crippen LogP contribution in [-0.2, 0) is 55.8 Å². The fraction of sp³-hybridized carbons (Fsp3) is 0.623. The van der Waals surface area contributed by atoms with Gasteiger partial charge in [-0.2, -0.15) is 23.5 Å². The fourth-order valence-corrected chi connectivity index (χ4v) is 14.3. The van der Waals surface area contributed by atoms with E-state index in [1.807, 2.05) is 30.8 Å². The zero-order chi connectivity index (χ0) is 54.8. The van der Waals surface area contributed by atoms with Crippen molar-refractivity contribution in [2.75, 3.05) is 81.6 Å². The molecule has 2 aromatic carbocycles. The number of amides is 1. The minimum absolute atomic E-state index is 0.0245. The summed E-state index contributed by atoms with van der Waals surface area (Å²) in [5.74, 6) is 4.12. The topological polar surface area (TPSA) is 219 Å². The summed E-state index contributed by atoms with van der Waals surface area (Å²) in [5, 5.41) is 9.74. The van der Waals surface area contributed by atoms with Crippen LogP contribution in [-0.4, -0.2) is 151 Å². The van der Waals surface area contributed by atoms with Crippen LogP contribution in [0.25, 0.3) is 0 Å². The predicted octanol–water partition coefficient (Wildman–Crippen LogP) is 9.07. The van der Waals surface area contributed by atoms with Crippen molar-refractivity contribution in [2.24, 2.45) is 11.8 Å². The number of carbonyl (C=O) groups is 8. The van der Waals surface area contributed by atoms with E-state index in [2.05, 4.69) is 16.0 Å². The lowest BCUT2D eigenvalue weighted by Gasteiger charge is -2.37. The molecule has 3 rings (SSSR count). The molecule has 418 valence electrons. The lowest BCUT2D eigenvalue weighted by atomic mass is 9.95. The molecule has 6 atom stereocenters. The molecular formula is C53H77N3O13S6. The highest BCUT2D eigenvalue weighted by Crippen LogP contribution is 2.42. The second-order valence-corrected chi connectivity index (χ2v) is 25.8. The number of hydrogen-bond acceptors (Lipinski definition) is 21. The van der Waals surface area contributed by atoms with Gasteiger partial charge in [0.15, 0.2) is 0 Å². The van der Waals surface area contributed by atoms with E-state index in [1.165, 1.54) is 24.6 Å². The van der Waals surface area contributed by atoms with Crippen LogP contribution in [0.15, 0.2) is 48.5 Å². The second kappa shape index (κ2) is 39.2. The number of Topliss-reactive ketones (excluding diaryl/α,β-unsaturated/α-hetero) is 5. The zero-order valence-corrected chi connectivity index (χ0v) is 49.1. The van der Waals surface area contributed by atoms with Crippen molar-refractivity contribution in [1.82, 2.24) is 16.0 Å². The highest BCUT2D eigenvalue weighted by atomic mass is 33.1. The van der Waals surface area contributed by atoms with Crippen molar-refractivity contribution >= 4 is 114 Å². The first-order valence-electron chi connectivity index (χ1n) is 25.5. The minimum Gasteiger partial charge on any atom is -0.433 e. The molecule has 0 spiro atoms. The van der Waals surface area contributed by atoms with E-state index in [9.17, 15) is 38.4 Å². The van der Waals surface area contributed by atoms with Gasteiger partial charge in [0.1, 0.15) is 53.6 Å². The Morgan fingerprint density at radius 1 is 0.600 bits per heavy atom. The molecule has 0 aliphatic heterocycles. The standard InChI is InChI=1S/C53H77N3O13S6/c1-7-41(51(62)56-22-28-73-75-30-26-67-53(64)69-45-16-12-40(13-17-45)32-47(55-6)38(4)59)34-70-49-18-19-50(49)71-35-42(33-43(60)21-24-65-23-20-36(2)57)48(61)9-8-27-72-74-29-25-66-52(63)68-44-14-10-39(11-15-44)31-46(54-5)37(3)58/h10-17,41-42,46-47,49-50,54-55H,7-9,18-35H2,1-6H3,(H,56,62). The Hall–Kier alpha value is -3.22. The van der Waals surface area contributed by atoms with Crippen LogP contribution in [0.5, 0.6) is 11.5 Å². The number of nitrogens with one attached hydrogen (secondary N) is 3. The highest BCUT2D eigenvalue weighted by Gasteiger charge is 2.34. The fourth-order valence-electron chi connectivity index (χ4n) is 7.26. The number of ether oxygens (including phenoxy) is 5. The van der Waals surface area contributed by atoms with Crippen molar-refractivity contribution in [2.45, 2.75) is 114 Å². The summed E-state index contributed by atoms with van der Waals surface area (Å²) in [5.41, 5.74) is 1.87. The lowest BCUT2D eigenvalue weighted by Crippen LogP contribution is -2.36. The Balaban J connectivity index is 1.31. The molecule has 0 saturated heterocycles. The van der Waals surface area contributed by atoms with Gasteiger partial charge in [-0.05, 0) is 109 Å². The Kier molecular flexibility index (Phi) is 34.5. The summed E-state index contributed by atoms with van der Waals surface area (Å²) in [6.07, 6.45) is 3.89. The number of carbonyl (C=O) groups excluding carboxylic acids is 8. The predicted molar refractivity (Wildman–Crippen MR) is 308 cm³/mol. The van der Waals surface area contributed by atoms with E-state index in [0.29, 0.717) is 95.2 Å². The summed E-state index contributed by atoms with van der Waals surface area (Å²) >= 11 is 3.57. The Morgan fingerprint density at radius 3 is 1.55 bits per heavy atom. The molecule has 0 bridgehead atoms. The molecule has 0 radical (unpaired) electrons. The maximum atomic E-state index is 13.6. The summed E-state index contributed by atoms with van der Waals surface area (Å²) in [7, 11) is 9.75. The number of thioether (sulfide) groups is 2. The molecule has 1 saturated carbocycles. The van der Waals surface area contributed by atoms with E-state index in [-0.39, 0.29) is 92.1 Å². The first-order valence-corrected chi connectivity index (χ1v) is 32.5. The van der Waals surface area contributed by atoms with E-state index in [4.69, 9.17) is 23.7 Å². The summed E-state index contributed by atoms with van der Waals surface area (Å²) < 4.78 is 26.4. The molecule has 75 heavy (non-hydrogen) atoms. The Bertz CT molecular complexity index is 2070. The van der Waals surface area contributed by atoms with Crippen LogP contribution >= 0.6 is 66.7 Å². The van der Waals surface area contributed by atoms with Crippen LogP contribution in [0.2, 0.25) is 0 Å². The Morgan fingerprint density at radius 2 is 1.08 bits per heavy atom. The third-order valence-electron chi connectivity index (χ3n) is 12.0. The van der Waals surface area contributed by atoms with Gasteiger partial charge in [0, 0.05) is 89.1 Å². The van der Waals surface area contributed by atoms with Crippen molar-refractivity contribution in [1.29, 1.82) is 0 Å².